The standard InChI is InChI=1S/C75H45N9/c1-10-28-58-49(19-1)50-20-2-11-29-59(50)79(58)46-37-40-67(76-43-46)82-64-34-16-7-25-55(64)70-73(82)71-56-26-8-17-35-65(56)83(68-41-38-47(44-77-68)80-60-30-12-3-21-51(60)52-22-4-13-31-61(52)80)75(71)72-57-27-9-18-36-66(57)84(74(70)72)69-42-39-48(45-78-69)81-62-32-14-5-23-53(62)54-24-6-15-33-63(54)81/h1-45H. The molecule has 0 aliphatic rings. The lowest BCUT2D eigenvalue weighted by Crippen LogP contribution is -2.02. The Balaban J connectivity index is 0.922. The Morgan fingerprint density at radius 1 is 0.179 bits per heavy atom. The van der Waals surface area contributed by atoms with E-state index in [4.69, 9.17) is 15.0 Å². The fraction of sp³-hybridized carbons (Fsp3) is 0. The zero-order valence-electron chi connectivity index (χ0n) is 45.0. The maximum absolute atomic E-state index is 5.50. The highest BCUT2D eigenvalue weighted by Gasteiger charge is 2.30. The first-order valence-electron chi connectivity index (χ1n) is 28.5. The molecule has 10 aromatic carbocycles. The molecule has 0 radical (unpaired) electrons. The summed E-state index contributed by atoms with van der Waals surface area (Å²) in [5, 5.41) is 14.0. The van der Waals surface area contributed by atoms with Gasteiger partial charge in [0.1, 0.15) is 17.5 Å². The summed E-state index contributed by atoms with van der Waals surface area (Å²) in [5.74, 6) is 2.44. The van der Waals surface area contributed by atoms with Crippen LogP contribution < -0.4 is 0 Å². The molecule has 0 saturated carbocycles. The summed E-state index contributed by atoms with van der Waals surface area (Å²) in [5.41, 5.74) is 16.1. The Morgan fingerprint density at radius 2 is 0.369 bits per heavy atom. The molecule has 9 heterocycles. The number of hydrogen-bond donors (Lipinski definition) is 0. The topological polar surface area (TPSA) is 68.2 Å². The largest absolute Gasteiger partial charge is 0.308 e. The zero-order valence-corrected chi connectivity index (χ0v) is 45.0. The van der Waals surface area contributed by atoms with Gasteiger partial charge in [-0.1, -0.05) is 164 Å². The molecule has 9 nitrogen and oxygen atoms in total. The molecule has 0 saturated heterocycles. The van der Waals surface area contributed by atoms with Crippen LogP contribution in [0.5, 0.6) is 0 Å². The van der Waals surface area contributed by atoms with E-state index in [0.29, 0.717) is 0 Å². The summed E-state index contributed by atoms with van der Waals surface area (Å²) in [4.78, 5) is 16.5. The molecule has 19 rings (SSSR count). The van der Waals surface area contributed by atoms with Crippen LogP contribution in [0.4, 0.5) is 0 Å². The van der Waals surface area contributed by atoms with Crippen LogP contribution >= 0.6 is 0 Å². The molecule has 0 fully saturated rings. The van der Waals surface area contributed by atoms with Gasteiger partial charge in [-0.15, -0.1) is 0 Å². The zero-order chi connectivity index (χ0) is 54.7. The van der Waals surface area contributed by atoms with Crippen LogP contribution in [0.25, 0.3) is 165 Å². The van der Waals surface area contributed by atoms with Gasteiger partial charge < -0.3 is 13.7 Å². The van der Waals surface area contributed by atoms with E-state index in [2.05, 4.69) is 282 Å². The quantitative estimate of drug-likeness (QED) is 0.167. The van der Waals surface area contributed by atoms with Crippen molar-refractivity contribution in [2.45, 2.75) is 0 Å². The molecule has 0 N–H and O–H groups in total. The molecular weight excluding hydrogens is 1030 g/mol. The smallest absolute Gasteiger partial charge is 0.137 e. The van der Waals surface area contributed by atoms with Crippen LogP contribution in [0, 0.1) is 0 Å². The highest BCUT2D eigenvalue weighted by atomic mass is 15.1. The molecular formula is C75H45N9. The minimum atomic E-state index is 0.813. The van der Waals surface area contributed by atoms with Gasteiger partial charge in [0.2, 0.25) is 0 Å². The van der Waals surface area contributed by atoms with Crippen LogP contribution in [0.2, 0.25) is 0 Å². The van der Waals surface area contributed by atoms with Crippen LogP contribution in [-0.4, -0.2) is 42.4 Å². The average molecular weight is 1070 g/mol. The van der Waals surface area contributed by atoms with Gasteiger partial charge in [-0.3, -0.25) is 13.7 Å². The van der Waals surface area contributed by atoms with Gasteiger partial charge in [0.25, 0.3) is 0 Å². The van der Waals surface area contributed by atoms with Crippen molar-refractivity contribution in [2.24, 2.45) is 0 Å². The molecule has 0 aliphatic heterocycles. The lowest BCUT2D eigenvalue weighted by molar-refractivity contribution is 1.05. The summed E-state index contributed by atoms with van der Waals surface area (Å²) in [6, 6.07) is 91.6. The van der Waals surface area contributed by atoms with Crippen molar-refractivity contribution < 1.29 is 0 Å². The van der Waals surface area contributed by atoms with Crippen molar-refractivity contribution in [3.63, 3.8) is 0 Å². The summed E-state index contributed by atoms with van der Waals surface area (Å²) in [6.07, 6.45) is 6.11. The number of para-hydroxylation sites is 9. The van der Waals surface area contributed by atoms with Crippen LogP contribution in [0.1, 0.15) is 0 Å². The molecule has 84 heavy (non-hydrogen) atoms. The minimum Gasteiger partial charge on any atom is -0.308 e. The first kappa shape index (κ1) is 45.2. The summed E-state index contributed by atoms with van der Waals surface area (Å²) < 4.78 is 14.2. The van der Waals surface area contributed by atoms with Crippen molar-refractivity contribution in [1.82, 2.24) is 42.4 Å². The molecule has 0 amide bonds. The number of pyridine rings is 3. The number of benzene rings is 10. The van der Waals surface area contributed by atoms with Crippen LogP contribution in [0.3, 0.4) is 0 Å². The van der Waals surface area contributed by atoms with Gasteiger partial charge in [-0.05, 0) is 91.0 Å². The first-order valence-corrected chi connectivity index (χ1v) is 28.5. The van der Waals surface area contributed by atoms with Crippen molar-refractivity contribution in [3.8, 4) is 34.5 Å². The van der Waals surface area contributed by atoms with Crippen LogP contribution in [0.15, 0.2) is 273 Å². The van der Waals surface area contributed by atoms with E-state index < -0.39 is 0 Å². The molecule has 0 spiro atoms. The maximum Gasteiger partial charge on any atom is 0.137 e. The van der Waals surface area contributed by atoms with Gasteiger partial charge in [0.05, 0.1) is 102 Å². The number of hydrogen-bond acceptors (Lipinski definition) is 3. The molecule has 0 unspecified atom stereocenters. The average Bonchev–Trinajstić information content (AvgIpc) is 1.68. The van der Waals surface area contributed by atoms with Gasteiger partial charge in [-0.2, -0.15) is 0 Å². The molecule has 0 aliphatic carbocycles. The Kier molecular flexibility index (Phi) is 9.15. The van der Waals surface area contributed by atoms with Gasteiger partial charge >= 0.3 is 0 Å². The Morgan fingerprint density at radius 3 is 0.571 bits per heavy atom. The number of nitrogens with zero attached hydrogens (tertiary/aromatic N) is 9. The summed E-state index contributed by atoms with van der Waals surface area (Å²) in [7, 11) is 0. The monoisotopic (exact) mass is 1070 g/mol. The first-order chi connectivity index (χ1) is 41.7. The Bertz CT molecular complexity index is 5190. The van der Waals surface area contributed by atoms with Crippen molar-refractivity contribution in [1.29, 1.82) is 0 Å². The maximum atomic E-state index is 5.50. The highest BCUT2D eigenvalue weighted by molar-refractivity contribution is 6.40. The number of fused-ring (bicyclic) bond motifs is 21. The number of aromatic nitrogens is 9. The summed E-state index contributed by atoms with van der Waals surface area (Å²) in [6.45, 7) is 0. The van der Waals surface area contributed by atoms with Crippen molar-refractivity contribution in [3.05, 3.63) is 273 Å². The van der Waals surface area contributed by atoms with Gasteiger partial charge in [0, 0.05) is 64.6 Å². The molecule has 0 bridgehead atoms. The van der Waals surface area contributed by atoms with Gasteiger partial charge in [0.15, 0.2) is 0 Å². The minimum absolute atomic E-state index is 0.813. The molecule has 9 heteroatoms. The third kappa shape index (κ3) is 6.03. The van der Waals surface area contributed by atoms with E-state index in [9.17, 15) is 0 Å². The Labute approximate surface area is 478 Å². The van der Waals surface area contributed by atoms with Crippen molar-refractivity contribution in [2.75, 3.05) is 0 Å². The van der Waals surface area contributed by atoms with E-state index in [1.54, 1.807) is 0 Å². The number of rotatable bonds is 6. The van der Waals surface area contributed by atoms with E-state index in [1.165, 1.54) is 32.3 Å². The van der Waals surface area contributed by atoms with E-state index in [0.717, 1.165) is 133 Å². The fourth-order valence-electron chi connectivity index (χ4n) is 14.4. The highest BCUT2D eigenvalue weighted by Crippen LogP contribution is 2.50. The Hall–Kier alpha value is -11.6. The van der Waals surface area contributed by atoms with E-state index in [1.807, 2.05) is 18.6 Å². The predicted octanol–water partition coefficient (Wildman–Crippen LogP) is 18.5. The molecule has 9 aromatic heterocycles. The van der Waals surface area contributed by atoms with Crippen LogP contribution in [-0.2, 0) is 0 Å². The molecule has 0 atom stereocenters. The lowest BCUT2D eigenvalue weighted by atomic mass is 10.0. The third-order valence-corrected chi connectivity index (χ3v) is 17.7. The third-order valence-electron chi connectivity index (χ3n) is 17.7. The normalized spacial score (nSPS) is 12.3. The van der Waals surface area contributed by atoms with Gasteiger partial charge in [-0.25, -0.2) is 15.0 Å². The summed E-state index contributed by atoms with van der Waals surface area (Å²) >= 11 is 0. The molecule has 19 aromatic rings. The second-order valence-corrected chi connectivity index (χ2v) is 22.0. The van der Waals surface area contributed by atoms with E-state index in [-0.39, 0.29) is 0 Å². The second-order valence-electron chi connectivity index (χ2n) is 22.0. The molecule has 390 valence electrons. The lowest BCUT2D eigenvalue weighted by Gasteiger charge is -2.14. The predicted molar refractivity (Wildman–Crippen MR) is 346 cm³/mol. The van der Waals surface area contributed by atoms with Crippen molar-refractivity contribution >= 4 is 131 Å². The SMILES string of the molecule is c1ccc2c(c1)c1ccccc1n2-c1ccc(-n2c3ccccc3c3c2c2c4ccccc4n(-c4ccc(-n5c6ccccc6c6ccccc65)cn4)c2c2c4ccccc4n(-c4ccc(-n5c6ccccc6c6ccccc65)cn4)c32)nc1. The fourth-order valence-corrected chi connectivity index (χ4v) is 14.4. The second kappa shape index (κ2) is 17.0. The van der Waals surface area contributed by atoms with E-state index >= 15 is 0 Å².